The molecule has 0 bridgehead atoms. The van der Waals surface area contributed by atoms with E-state index in [-0.39, 0.29) is 11.8 Å². The third-order valence-corrected chi connectivity index (χ3v) is 4.49. The van der Waals surface area contributed by atoms with Gasteiger partial charge >= 0.3 is 0 Å². The van der Waals surface area contributed by atoms with Crippen molar-refractivity contribution >= 4 is 17.5 Å². The number of rotatable bonds is 4. The Morgan fingerprint density at radius 2 is 2.13 bits per heavy atom. The fourth-order valence-corrected chi connectivity index (χ4v) is 3.01. The molecule has 6 heteroatoms. The molecule has 0 unspecified atom stereocenters. The van der Waals surface area contributed by atoms with Crippen LogP contribution in [-0.2, 0) is 16.0 Å². The number of hydrogen-bond donors (Lipinski definition) is 2. The van der Waals surface area contributed by atoms with Crippen molar-refractivity contribution in [1.82, 2.24) is 10.2 Å². The van der Waals surface area contributed by atoms with E-state index in [2.05, 4.69) is 22.5 Å². The molecule has 6 nitrogen and oxygen atoms in total. The van der Waals surface area contributed by atoms with Crippen LogP contribution < -0.4 is 10.6 Å². The number of nitrogens with one attached hydrogen (secondary N) is 2. The molecule has 0 aromatic heterocycles. The fourth-order valence-electron chi connectivity index (χ4n) is 3.01. The molecule has 0 saturated carbocycles. The first-order chi connectivity index (χ1) is 11.1. The maximum absolute atomic E-state index is 12.3. The number of amides is 2. The van der Waals surface area contributed by atoms with Crippen molar-refractivity contribution in [3.63, 3.8) is 0 Å². The third-order valence-electron chi connectivity index (χ3n) is 4.49. The van der Waals surface area contributed by atoms with Gasteiger partial charge in [0.1, 0.15) is 0 Å². The zero-order valence-corrected chi connectivity index (χ0v) is 13.4. The maximum atomic E-state index is 12.3. The lowest BCUT2D eigenvalue weighted by Crippen LogP contribution is -2.47. The van der Waals surface area contributed by atoms with Crippen LogP contribution in [0.2, 0.25) is 0 Å². The molecule has 124 valence electrons. The molecule has 3 rings (SSSR count). The zero-order valence-electron chi connectivity index (χ0n) is 13.4. The Morgan fingerprint density at radius 3 is 2.91 bits per heavy atom. The van der Waals surface area contributed by atoms with E-state index in [4.69, 9.17) is 4.74 Å². The summed E-state index contributed by atoms with van der Waals surface area (Å²) in [4.78, 5) is 26.0. The van der Waals surface area contributed by atoms with Crippen molar-refractivity contribution in [2.24, 2.45) is 0 Å². The molecule has 2 aliphatic rings. The molecule has 1 aromatic rings. The van der Waals surface area contributed by atoms with E-state index in [0.717, 1.165) is 37.6 Å². The molecule has 1 atom stereocenters. The molecule has 0 spiro atoms. The Labute approximate surface area is 136 Å². The average molecular weight is 317 g/mol. The predicted molar refractivity (Wildman–Crippen MR) is 87.6 cm³/mol. The lowest BCUT2D eigenvalue weighted by atomic mass is 10.00. The third kappa shape index (κ3) is 3.89. The van der Waals surface area contributed by atoms with Crippen molar-refractivity contribution in [2.45, 2.75) is 25.8 Å². The summed E-state index contributed by atoms with van der Waals surface area (Å²) >= 11 is 0. The van der Waals surface area contributed by atoms with E-state index in [9.17, 15) is 9.59 Å². The van der Waals surface area contributed by atoms with Gasteiger partial charge in [0.2, 0.25) is 5.91 Å². The van der Waals surface area contributed by atoms with E-state index in [1.807, 2.05) is 12.1 Å². The van der Waals surface area contributed by atoms with Gasteiger partial charge in [0.25, 0.3) is 5.91 Å². The summed E-state index contributed by atoms with van der Waals surface area (Å²) in [6.07, 6.45) is 1.17. The van der Waals surface area contributed by atoms with Gasteiger partial charge in [0.15, 0.2) is 0 Å². The number of aryl methyl sites for hydroxylation is 1. The Kier molecular flexibility index (Phi) is 4.93. The second-order valence-electron chi connectivity index (χ2n) is 6.13. The van der Waals surface area contributed by atoms with Gasteiger partial charge in [-0.3, -0.25) is 14.5 Å². The quantitative estimate of drug-likeness (QED) is 0.870. The van der Waals surface area contributed by atoms with Crippen LogP contribution in [0.25, 0.3) is 0 Å². The number of hydrogen-bond acceptors (Lipinski definition) is 4. The number of carbonyl (C=O) groups is 2. The minimum Gasteiger partial charge on any atom is -0.379 e. The summed E-state index contributed by atoms with van der Waals surface area (Å²) in [5.41, 5.74) is 2.49. The first kappa shape index (κ1) is 16.0. The minimum atomic E-state index is -0.0650. The summed E-state index contributed by atoms with van der Waals surface area (Å²) in [5.74, 6) is -0.0288. The number of benzene rings is 1. The first-order valence-corrected chi connectivity index (χ1v) is 8.16. The molecular weight excluding hydrogens is 294 g/mol. The molecule has 1 saturated heterocycles. The number of morpholine rings is 1. The molecule has 2 N–H and O–H groups in total. The van der Waals surface area contributed by atoms with Gasteiger partial charge in [-0.05, 0) is 37.1 Å². The molecule has 2 aliphatic heterocycles. The first-order valence-electron chi connectivity index (χ1n) is 8.16. The van der Waals surface area contributed by atoms with E-state index in [1.54, 1.807) is 6.07 Å². The van der Waals surface area contributed by atoms with Crippen LogP contribution in [0, 0.1) is 0 Å². The summed E-state index contributed by atoms with van der Waals surface area (Å²) in [7, 11) is 0. The summed E-state index contributed by atoms with van der Waals surface area (Å²) in [6, 6.07) is 5.75. The second kappa shape index (κ2) is 7.10. The average Bonchev–Trinajstić information content (AvgIpc) is 2.59. The number of carbonyl (C=O) groups excluding carboxylic acids is 2. The maximum Gasteiger partial charge on any atom is 0.251 e. The summed E-state index contributed by atoms with van der Waals surface area (Å²) < 4.78 is 5.35. The van der Waals surface area contributed by atoms with Gasteiger partial charge in [0.05, 0.1) is 13.2 Å². The van der Waals surface area contributed by atoms with Gasteiger partial charge in [-0.15, -0.1) is 0 Å². The van der Waals surface area contributed by atoms with E-state index in [1.165, 1.54) is 0 Å². The van der Waals surface area contributed by atoms with E-state index in [0.29, 0.717) is 31.0 Å². The normalized spacial score (nSPS) is 19.6. The summed E-state index contributed by atoms with van der Waals surface area (Å²) in [6.45, 7) is 6.08. The van der Waals surface area contributed by atoms with Crippen molar-refractivity contribution in [2.75, 3.05) is 38.2 Å². The highest BCUT2D eigenvalue weighted by molar-refractivity contribution is 5.97. The molecular formula is C17H23N3O3. The van der Waals surface area contributed by atoms with Gasteiger partial charge in [-0.1, -0.05) is 0 Å². The van der Waals surface area contributed by atoms with Crippen molar-refractivity contribution in [3.8, 4) is 0 Å². The highest BCUT2D eigenvalue weighted by atomic mass is 16.5. The van der Waals surface area contributed by atoms with Crippen LogP contribution in [0.15, 0.2) is 18.2 Å². The van der Waals surface area contributed by atoms with Crippen LogP contribution in [0.5, 0.6) is 0 Å². The zero-order chi connectivity index (χ0) is 16.2. The highest BCUT2D eigenvalue weighted by Crippen LogP contribution is 2.23. The van der Waals surface area contributed by atoms with Crippen LogP contribution in [0.4, 0.5) is 5.69 Å². The molecule has 2 heterocycles. The molecule has 2 amide bonds. The van der Waals surface area contributed by atoms with Crippen LogP contribution in [0.3, 0.4) is 0 Å². The largest absolute Gasteiger partial charge is 0.379 e. The Bertz CT molecular complexity index is 597. The number of fused-ring (bicyclic) bond motifs is 1. The molecule has 0 radical (unpaired) electrons. The van der Waals surface area contributed by atoms with E-state index < -0.39 is 0 Å². The van der Waals surface area contributed by atoms with Gasteiger partial charge in [-0.2, -0.15) is 0 Å². The minimum absolute atomic E-state index is 0.0361. The van der Waals surface area contributed by atoms with Crippen molar-refractivity contribution < 1.29 is 14.3 Å². The standard InChI is InChI=1S/C17H23N3O3/c1-12(20-6-8-23-9-7-20)11-18-17(22)14-2-4-15-13(10-14)3-5-16(21)19-15/h2,4,10,12H,3,5-9,11H2,1H3,(H,18,22)(H,19,21)/t12-/m0/s1. The van der Waals surface area contributed by atoms with Crippen LogP contribution >= 0.6 is 0 Å². The predicted octanol–water partition coefficient (Wildman–Crippen LogP) is 1.02. The topological polar surface area (TPSA) is 70.7 Å². The number of anilines is 1. The fraction of sp³-hybridized carbons (Fsp3) is 0.529. The Morgan fingerprint density at radius 1 is 1.35 bits per heavy atom. The molecule has 1 fully saturated rings. The Balaban J connectivity index is 1.57. The van der Waals surface area contributed by atoms with Crippen molar-refractivity contribution in [3.05, 3.63) is 29.3 Å². The number of ether oxygens (including phenoxy) is 1. The van der Waals surface area contributed by atoms with Crippen LogP contribution in [0.1, 0.15) is 29.3 Å². The smallest absolute Gasteiger partial charge is 0.251 e. The molecule has 0 aliphatic carbocycles. The van der Waals surface area contributed by atoms with Gasteiger partial charge in [-0.25, -0.2) is 0 Å². The molecule has 23 heavy (non-hydrogen) atoms. The Hall–Kier alpha value is -1.92. The molecule has 1 aromatic carbocycles. The van der Waals surface area contributed by atoms with Gasteiger partial charge in [0, 0.05) is 43.3 Å². The monoisotopic (exact) mass is 317 g/mol. The SMILES string of the molecule is C[C@@H](CNC(=O)c1ccc2c(c1)CCC(=O)N2)N1CCOCC1. The summed E-state index contributed by atoms with van der Waals surface area (Å²) in [5, 5.41) is 5.83. The number of nitrogens with zero attached hydrogens (tertiary/aromatic N) is 1. The van der Waals surface area contributed by atoms with Crippen molar-refractivity contribution in [1.29, 1.82) is 0 Å². The van der Waals surface area contributed by atoms with Gasteiger partial charge < -0.3 is 15.4 Å². The van der Waals surface area contributed by atoms with Crippen LogP contribution in [-0.4, -0.2) is 55.6 Å². The lowest BCUT2D eigenvalue weighted by molar-refractivity contribution is -0.116. The highest BCUT2D eigenvalue weighted by Gasteiger charge is 2.19. The second-order valence-corrected chi connectivity index (χ2v) is 6.13. The van der Waals surface area contributed by atoms with E-state index >= 15 is 0 Å². The lowest BCUT2D eigenvalue weighted by Gasteiger charge is -2.32.